The summed E-state index contributed by atoms with van der Waals surface area (Å²) in [5.74, 6) is 0. The molecule has 1 saturated heterocycles. The Balaban J connectivity index is 1.86. The van der Waals surface area contributed by atoms with Crippen LogP contribution in [-0.2, 0) is 18.9 Å². The van der Waals surface area contributed by atoms with E-state index in [0.29, 0.717) is 13.2 Å². The fourth-order valence-corrected chi connectivity index (χ4v) is 0.809. The first kappa shape index (κ1) is 12.7. The third kappa shape index (κ3) is 6.67. The molecule has 90 valence electrons. The quantitative estimate of drug-likeness (QED) is 0.437. The minimum Gasteiger partial charge on any atom is -0.376 e. The van der Waals surface area contributed by atoms with E-state index in [4.69, 9.17) is 9.47 Å². The third-order valence-electron chi connectivity index (χ3n) is 1.61. The Kier molecular flexibility index (Phi) is 5.30. The molecule has 0 aromatic carbocycles. The lowest BCUT2D eigenvalue weighted by atomic mass is 10.5. The Labute approximate surface area is 85.2 Å². The molecule has 0 amide bonds. The molecule has 7 heteroatoms. The highest BCUT2D eigenvalue weighted by molar-refractivity contribution is 4.66. The lowest BCUT2D eigenvalue weighted by Crippen LogP contribution is -2.28. The van der Waals surface area contributed by atoms with Gasteiger partial charge in [-0.05, 0) is 0 Å². The van der Waals surface area contributed by atoms with E-state index in [1.54, 1.807) is 0 Å². The zero-order valence-electron chi connectivity index (χ0n) is 8.09. The molecule has 0 aromatic heterocycles. The minimum atomic E-state index is -3.58. The molecule has 0 saturated carbocycles. The molecule has 4 nitrogen and oxygen atoms in total. The van der Waals surface area contributed by atoms with E-state index >= 15 is 0 Å². The summed E-state index contributed by atoms with van der Waals surface area (Å²) in [5.41, 5.74) is 0. The predicted molar refractivity (Wildman–Crippen MR) is 43.4 cm³/mol. The monoisotopic (exact) mass is 230 g/mol. The summed E-state index contributed by atoms with van der Waals surface area (Å²) < 4.78 is 54.2. The fourth-order valence-electron chi connectivity index (χ4n) is 0.809. The molecule has 1 heterocycles. The van der Waals surface area contributed by atoms with Gasteiger partial charge in [-0.1, -0.05) is 0 Å². The molecule has 0 radical (unpaired) electrons. The first-order valence-electron chi connectivity index (χ1n) is 4.49. The largest absolute Gasteiger partial charge is 0.381 e. The van der Waals surface area contributed by atoms with Gasteiger partial charge in [-0.2, -0.15) is 8.78 Å². The van der Waals surface area contributed by atoms with Gasteiger partial charge in [0.05, 0.1) is 26.4 Å². The van der Waals surface area contributed by atoms with Gasteiger partial charge in [-0.25, -0.2) is 4.39 Å². The molecule has 15 heavy (non-hydrogen) atoms. The van der Waals surface area contributed by atoms with Crippen LogP contribution in [-0.4, -0.2) is 52.1 Å². The third-order valence-corrected chi connectivity index (χ3v) is 1.61. The highest BCUT2D eigenvalue weighted by Gasteiger charge is 2.30. The number of hydrogen-bond donors (Lipinski definition) is 0. The molecule has 0 aliphatic carbocycles. The van der Waals surface area contributed by atoms with Crippen molar-refractivity contribution in [2.45, 2.75) is 12.2 Å². The molecule has 0 N–H and O–H groups in total. The van der Waals surface area contributed by atoms with Gasteiger partial charge in [0.25, 0.3) is 0 Å². The van der Waals surface area contributed by atoms with Crippen molar-refractivity contribution in [1.29, 1.82) is 0 Å². The van der Waals surface area contributed by atoms with E-state index in [1.807, 2.05) is 0 Å². The summed E-state index contributed by atoms with van der Waals surface area (Å²) in [6.07, 6.45) is -3.43. The summed E-state index contributed by atoms with van der Waals surface area (Å²) in [4.78, 5) is 0. The van der Waals surface area contributed by atoms with Gasteiger partial charge < -0.3 is 14.2 Å². The maximum atomic E-state index is 12.4. The summed E-state index contributed by atoms with van der Waals surface area (Å²) in [6.45, 7) is -1.17. The molecule has 1 fully saturated rings. The second-order valence-electron chi connectivity index (χ2n) is 2.97. The number of ether oxygens (including phenoxy) is 4. The molecule has 0 aromatic rings. The van der Waals surface area contributed by atoms with Crippen molar-refractivity contribution in [2.24, 2.45) is 0 Å². The normalized spacial score (nSPS) is 20.6. The van der Waals surface area contributed by atoms with Crippen LogP contribution in [0, 0.1) is 0 Å². The zero-order valence-corrected chi connectivity index (χ0v) is 8.09. The van der Waals surface area contributed by atoms with Crippen molar-refractivity contribution in [3.05, 3.63) is 0 Å². The highest BCUT2D eigenvalue weighted by atomic mass is 19.3. The van der Waals surface area contributed by atoms with Crippen LogP contribution in [0.3, 0.4) is 0 Å². The lowest BCUT2D eigenvalue weighted by molar-refractivity contribution is -0.279. The highest BCUT2D eigenvalue weighted by Crippen LogP contribution is 2.15. The molecule has 1 aliphatic heterocycles. The van der Waals surface area contributed by atoms with Crippen molar-refractivity contribution >= 4 is 0 Å². The second-order valence-corrected chi connectivity index (χ2v) is 2.97. The summed E-state index contributed by atoms with van der Waals surface area (Å²) >= 11 is 0. The van der Waals surface area contributed by atoms with E-state index in [2.05, 4.69) is 9.47 Å². The van der Waals surface area contributed by atoms with E-state index in [0.717, 1.165) is 0 Å². The van der Waals surface area contributed by atoms with Crippen LogP contribution in [0.25, 0.3) is 0 Å². The van der Waals surface area contributed by atoms with Crippen LogP contribution in [0.2, 0.25) is 0 Å². The van der Waals surface area contributed by atoms with Gasteiger partial charge in [0, 0.05) is 0 Å². The summed E-state index contributed by atoms with van der Waals surface area (Å²) in [7, 11) is 0. The Morgan fingerprint density at radius 1 is 1.27 bits per heavy atom. The lowest BCUT2D eigenvalue weighted by Gasteiger charge is -2.14. The van der Waals surface area contributed by atoms with Crippen LogP contribution < -0.4 is 0 Å². The van der Waals surface area contributed by atoms with Crippen molar-refractivity contribution in [1.82, 2.24) is 0 Å². The van der Waals surface area contributed by atoms with Gasteiger partial charge in [-0.15, -0.1) is 0 Å². The van der Waals surface area contributed by atoms with Gasteiger partial charge >= 0.3 is 6.11 Å². The Hall–Kier alpha value is -0.370. The van der Waals surface area contributed by atoms with E-state index in [1.165, 1.54) is 0 Å². The van der Waals surface area contributed by atoms with Gasteiger partial charge in [0.1, 0.15) is 12.7 Å². The van der Waals surface area contributed by atoms with Crippen LogP contribution in [0.15, 0.2) is 0 Å². The second kappa shape index (κ2) is 6.26. The Bertz CT molecular complexity index is 175. The molecular formula is C8H13F3O4. The molecule has 1 atom stereocenters. The van der Waals surface area contributed by atoms with E-state index in [-0.39, 0.29) is 19.3 Å². The molecule has 1 aliphatic rings. The molecule has 1 rings (SSSR count). The van der Waals surface area contributed by atoms with Crippen LogP contribution in [0.1, 0.15) is 0 Å². The first-order chi connectivity index (χ1) is 7.14. The van der Waals surface area contributed by atoms with Crippen molar-refractivity contribution in [3.8, 4) is 0 Å². The number of halogens is 3. The standard InChI is InChI=1S/C8H13F3O4/c9-6-15-8(10,11)5-13-2-1-12-3-7-4-14-7/h7H,1-6H2. The summed E-state index contributed by atoms with van der Waals surface area (Å²) in [6, 6.07) is 0. The van der Waals surface area contributed by atoms with Crippen LogP contribution in [0.5, 0.6) is 0 Å². The maximum Gasteiger partial charge on any atom is 0.381 e. The summed E-state index contributed by atoms with van der Waals surface area (Å²) in [5, 5.41) is 0. The molecule has 1 unspecified atom stereocenters. The number of epoxide rings is 1. The average molecular weight is 230 g/mol. The Morgan fingerprint density at radius 2 is 1.93 bits per heavy atom. The van der Waals surface area contributed by atoms with E-state index in [9.17, 15) is 13.2 Å². The molecule has 0 bridgehead atoms. The first-order valence-corrected chi connectivity index (χ1v) is 4.49. The van der Waals surface area contributed by atoms with Crippen LogP contribution in [0.4, 0.5) is 13.2 Å². The topological polar surface area (TPSA) is 40.2 Å². The molecule has 0 spiro atoms. The smallest absolute Gasteiger partial charge is 0.376 e. The average Bonchev–Trinajstić information content (AvgIpc) is 2.94. The Morgan fingerprint density at radius 3 is 2.53 bits per heavy atom. The van der Waals surface area contributed by atoms with Crippen LogP contribution >= 0.6 is 0 Å². The van der Waals surface area contributed by atoms with Gasteiger partial charge in [0.15, 0.2) is 6.86 Å². The SMILES string of the molecule is FCOC(F)(F)COCCOCC1CO1. The molecular weight excluding hydrogens is 217 g/mol. The number of hydrogen-bond acceptors (Lipinski definition) is 4. The number of alkyl halides is 3. The fraction of sp³-hybridized carbons (Fsp3) is 1.00. The van der Waals surface area contributed by atoms with E-state index < -0.39 is 19.6 Å². The van der Waals surface area contributed by atoms with Gasteiger partial charge in [-0.3, -0.25) is 4.74 Å². The minimum absolute atomic E-state index is 0.0119. The number of rotatable bonds is 9. The van der Waals surface area contributed by atoms with Gasteiger partial charge in [0.2, 0.25) is 0 Å². The maximum absolute atomic E-state index is 12.4. The van der Waals surface area contributed by atoms with Crippen molar-refractivity contribution < 1.29 is 32.1 Å². The van der Waals surface area contributed by atoms with Crippen molar-refractivity contribution in [2.75, 3.05) is 39.9 Å². The predicted octanol–water partition coefficient (Wildman–Crippen LogP) is 0.955. The zero-order chi connectivity index (χ0) is 11.1. The van der Waals surface area contributed by atoms with Crippen molar-refractivity contribution in [3.63, 3.8) is 0 Å².